The fourth-order valence-corrected chi connectivity index (χ4v) is 5.86. The van der Waals surface area contributed by atoms with Gasteiger partial charge in [-0.15, -0.1) is 6.58 Å². The van der Waals surface area contributed by atoms with Gasteiger partial charge in [-0.1, -0.05) is 36.4 Å². The van der Waals surface area contributed by atoms with Crippen molar-refractivity contribution >= 4 is 33.5 Å². The molecule has 1 aromatic heterocycles. The number of para-hydroxylation sites is 1. The summed E-state index contributed by atoms with van der Waals surface area (Å²) in [6.07, 6.45) is 5.17. The number of benzene rings is 2. The number of aromatic nitrogens is 1. The standard InChI is InChI=1S/C28H28N2O5S/c1-4-16-29-20(2)18-25(21(29)3)27(31)19-35-28(32)14-11-22-9-12-24(13-10-22)36(33,34)30-17-15-23-7-5-6-8-26(23)30/h4-14,18H,1,15-17,19H2,2-3H3. The Hall–Kier alpha value is -3.91. The zero-order chi connectivity index (χ0) is 25.9. The number of aryl methyl sites for hydroxylation is 1. The van der Waals surface area contributed by atoms with Gasteiger partial charge in [0.05, 0.1) is 10.6 Å². The second-order valence-corrected chi connectivity index (χ2v) is 10.4. The highest BCUT2D eigenvalue weighted by molar-refractivity contribution is 7.92. The van der Waals surface area contributed by atoms with Crippen molar-refractivity contribution in [1.29, 1.82) is 0 Å². The molecule has 3 aromatic rings. The first-order chi connectivity index (χ1) is 17.2. The molecule has 0 atom stereocenters. The van der Waals surface area contributed by atoms with E-state index < -0.39 is 16.0 Å². The van der Waals surface area contributed by atoms with E-state index in [1.807, 2.05) is 42.7 Å². The molecule has 8 heteroatoms. The van der Waals surface area contributed by atoms with Crippen molar-refractivity contribution in [2.45, 2.75) is 31.7 Å². The van der Waals surface area contributed by atoms with E-state index in [0.717, 1.165) is 17.0 Å². The van der Waals surface area contributed by atoms with E-state index in [0.29, 0.717) is 36.3 Å². The molecule has 1 aliphatic rings. The lowest BCUT2D eigenvalue weighted by Crippen LogP contribution is -2.29. The van der Waals surface area contributed by atoms with Gasteiger partial charge < -0.3 is 9.30 Å². The second kappa shape index (κ2) is 10.4. The summed E-state index contributed by atoms with van der Waals surface area (Å²) in [5.74, 6) is -0.938. The first-order valence-electron chi connectivity index (χ1n) is 11.6. The third-order valence-electron chi connectivity index (χ3n) is 6.26. The van der Waals surface area contributed by atoms with Gasteiger partial charge >= 0.3 is 5.97 Å². The van der Waals surface area contributed by atoms with Gasteiger partial charge in [-0.3, -0.25) is 9.10 Å². The van der Waals surface area contributed by atoms with E-state index in [-0.39, 0.29) is 17.3 Å². The van der Waals surface area contributed by atoms with Gasteiger partial charge in [0.15, 0.2) is 6.61 Å². The molecule has 0 amide bonds. The molecule has 2 aromatic carbocycles. The maximum absolute atomic E-state index is 13.1. The van der Waals surface area contributed by atoms with Crippen LogP contribution in [0.15, 0.2) is 78.2 Å². The number of carbonyl (C=O) groups is 2. The molecule has 36 heavy (non-hydrogen) atoms. The predicted octanol–water partition coefficient (Wildman–Crippen LogP) is 4.48. The lowest BCUT2D eigenvalue weighted by molar-refractivity contribution is -0.136. The van der Waals surface area contributed by atoms with Gasteiger partial charge in [-0.25, -0.2) is 13.2 Å². The highest BCUT2D eigenvalue weighted by Gasteiger charge is 2.30. The minimum absolute atomic E-state index is 0.179. The number of rotatable bonds is 9. The minimum atomic E-state index is -3.68. The molecule has 0 saturated carbocycles. The van der Waals surface area contributed by atoms with E-state index >= 15 is 0 Å². The van der Waals surface area contributed by atoms with Crippen molar-refractivity contribution in [2.24, 2.45) is 0 Å². The monoisotopic (exact) mass is 504 g/mol. The predicted molar refractivity (Wildman–Crippen MR) is 140 cm³/mol. The van der Waals surface area contributed by atoms with Crippen LogP contribution >= 0.6 is 0 Å². The highest BCUT2D eigenvalue weighted by Crippen LogP contribution is 2.32. The van der Waals surface area contributed by atoms with Crippen LogP contribution in [0.4, 0.5) is 5.69 Å². The summed E-state index contributed by atoms with van der Waals surface area (Å²) in [7, 11) is -3.68. The van der Waals surface area contributed by atoms with Crippen LogP contribution in [0, 0.1) is 13.8 Å². The number of Topliss-reactive ketones (excluding diaryl/α,β-unsaturated/α-hetero) is 1. The Kier molecular flexibility index (Phi) is 7.26. The van der Waals surface area contributed by atoms with Gasteiger partial charge in [-0.2, -0.15) is 0 Å². The summed E-state index contributed by atoms with van der Waals surface area (Å²) in [6.45, 7) is 8.12. The first-order valence-corrected chi connectivity index (χ1v) is 13.0. The molecule has 0 aliphatic carbocycles. The minimum Gasteiger partial charge on any atom is -0.454 e. The first kappa shape index (κ1) is 25.2. The lowest BCUT2D eigenvalue weighted by Gasteiger charge is -2.19. The Morgan fingerprint density at radius 1 is 1.08 bits per heavy atom. The van der Waals surface area contributed by atoms with E-state index in [9.17, 15) is 18.0 Å². The average Bonchev–Trinajstić information content (AvgIpc) is 3.43. The molecule has 0 radical (unpaired) electrons. The molecule has 7 nitrogen and oxygen atoms in total. The Morgan fingerprint density at radius 2 is 1.81 bits per heavy atom. The molecule has 0 saturated heterocycles. The Labute approximate surface area is 211 Å². The normalized spacial score (nSPS) is 13.1. The van der Waals surface area contributed by atoms with Crippen LogP contribution in [0.2, 0.25) is 0 Å². The van der Waals surface area contributed by atoms with Crippen molar-refractivity contribution in [2.75, 3.05) is 17.5 Å². The van der Waals surface area contributed by atoms with Crippen LogP contribution in [-0.4, -0.2) is 37.9 Å². The van der Waals surface area contributed by atoms with Gasteiger partial charge in [0.25, 0.3) is 10.0 Å². The van der Waals surface area contributed by atoms with Crippen molar-refractivity contribution in [3.05, 3.63) is 101 Å². The molecule has 0 bridgehead atoms. The Morgan fingerprint density at radius 3 is 2.53 bits per heavy atom. The van der Waals surface area contributed by atoms with E-state index in [4.69, 9.17) is 4.74 Å². The number of fused-ring (bicyclic) bond motifs is 1. The maximum Gasteiger partial charge on any atom is 0.331 e. The van der Waals surface area contributed by atoms with Crippen molar-refractivity contribution < 1.29 is 22.7 Å². The quantitative estimate of drug-likeness (QED) is 0.186. The summed E-state index contributed by atoms with van der Waals surface area (Å²) < 4.78 is 34.7. The number of esters is 1. The van der Waals surface area contributed by atoms with Crippen LogP contribution in [0.25, 0.3) is 6.08 Å². The van der Waals surface area contributed by atoms with E-state index in [2.05, 4.69) is 6.58 Å². The maximum atomic E-state index is 13.1. The van der Waals surface area contributed by atoms with Gasteiger partial charge in [0, 0.05) is 36.1 Å². The number of ether oxygens (including phenoxy) is 1. The Balaban J connectivity index is 1.37. The number of anilines is 1. The number of allylic oxidation sites excluding steroid dienone is 1. The molecule has 0 fully saturated rings. The van der Waals surface area contributed by atoms with Crippen LogP contribution in [-0.2, 0) is 32.5 Å². The third kappa shape index (κ3) is 5.04. The van der Waals surface area contributed by atoms with Crippen LogP contribution < -0.4 is 4.31 Å². The zero-order valence-corrected chi connectivity index (χ0v) is 21.1. The summed E-state index contributed by atoms with van der Waals surface area (Å²) in [4.78, 5) is 24.9. The number of sulfonamides is 1. The topological polar surface area (TPSA) is 85.7 Å². The Bertz CT molecular complexity index is 1450. The number of ketones is 1. The highest BCUT2D eigenvalue weighted by atomic mass is 32.2. The van der Waals surface area contributed by atoms with Crippen LogP contribution in [0.3, 0.4) is 0 Å². The van der Waals surface area contributed by atoms with Gasteiger partial charge in [-0.05, 0) is 61.7 Å². The summed E-state index contributed by atoms with van der Waals surface area (Å²) in [5, 5.41) is 0. The molecule has 1 aliphatic heterocycles. The summed E-state index contributed by atoms with van der Waals surface area (Å²) in [6, 6.07) is 15.5. The summed E-state index contributed by atoms with van der Waals surface area (Å²) in [5.41, 5.74) is 4.60. The fraction of sp³-hybridized carbons (Fsp3) is 0.214. The zero-order valence-electron chi connectivity index (χ0n) is 20.3. The van der Waals surface area contributed by atoms with Crippen molar-refractivity contribution in [3.8, 4) is 0 Å². The molecule has 0 spiro atoms. The van der Waals surface area contributed by atoms with Crippen molar-refractivity contribution in [3.63, 3.8) is 0 Å². The van der Waals surface area contributed by atoms with Gasteiger partial charge in [0.1, 0.15) is 0 Å². The SMILES string of the molecule is C=CCn1c(C)cc(C(=O)COC(=O)C=Cc2ccc(S(=O)(=O)N3CCc4ccccc43)cc2)c1C. The second-order valence-electron chi connectivity index (χ2n) is 8.57. The molecule has 0 N–H and O–H groups in total. The average molecular weight is 505 g/mol. The molecular weight excluding hydrogens is 476 g/mol. The number of hydrogen-bond acceptors (Lipinski definition) is 5. The fourth-order valence-electron chi connectivity index (χ4n) is 4.36. The lowest BCUT2D eigenvalue weighted by atomic mass is 10.1. The molecule has 0 unspecified atom stereocenters. The molecular formula is C28H28N2O5S. The van der Waals surface area contributed by atoms with E-state index in [1.165, 1.54) is 28.6 Å². The number of nitrogens with zero attached hydrogens (tertiary/aromatic N) is 2. The molecule has 4 rings (SSSR count). The van der Waals surface area contributed by atoms with Crippen LogP contribution in [0.1, 0.15) is 32.9 Å². The number of hydrogen-bond donors (Lipinski definition) is 0. The smallest absolute Gasteiger partial charge is 0.331 e. The van der Waals surface area contributed by atoms with Gasteiger partial charge in [0.2, 0.25) is 5.78 Å². The third-order valence-corrected chi connectivity index (χ3v) is 8.08. The molecule has 2 heterocycles. The summed E-state index contributed by atoms with van der Waals surface area (Å²) >= 11 is 0. The largest absolute Gasteiger partial charge is 0.454 e. The van der Waals surface area contributed by atoms with Crippen LogP contribution in [0.5, 0.6) is 0 Å². The number of carbonyl (C=O) groups excluding carboxylic acids is 2. The van der Waals surface area contributed by atoms with Crippen molar-refractivity contribution in [1.82, 2.24) is 4.57 Å². The molecule has 186 valence electrons. The van der Waals surface area contributed by atoms with E-state index in [1.54, 1.807) is 24.3 Å².